The summed E-state index contributed by atoms with van der Waals surface area (Å²) < 4.78 is 5.72. The molecule has 2 heterocycles. The Morgan fingerprint density at radius 2 is 2.00 bits per heavy atom. The van der Waals surface area contributed by atoms with E-state index in [0.717, 1.165) is 24.5 Å². The summed E-state index contributed by atoms with van der Waals surface area (Å²) in [6.45, 7) is 7.99. The quantitative estimate of drug-likeness (QED) is 0.848. The number of ether oxygens (including phenoxy) is 1. The first-order chi connectivity index (χ1) is 8.06. The van der Waals surface area contributed by atoms with Crippen LogP contribution in [0.5, 0.6) is 0 Å². The van der Waals surface area contributed by atoms with Gasteiger partial charge in [-0.25, -0.2) is 0 Å². The molecular formula is C13H21N3O. The first-order valence-electron chi connectivity index (χ1n) is 6.18. The molecule has 0 aromatic carbocycles. The fourth-order valence-electron chi connectivity index (χ4n) is 2.24. The Labute approximate surface area is 103 Å². The number of nitrogens with two attached hydrogens (primary N) is 1. The highest BCUT2D eigenvalue weighted by Crippen LogP contribution is 2.20. The minimum Gasteiger partial charge on any atom is -0.372 e. The molecule has 17 heavy (non-hydrogen) atoms. The molecule has 3 atom stereocenters. The molecule has 0 amide bonds. The third-order valence-corrected chi connectivity index (χ3v) is 3.02. The minimum atomic E-state index is -0.00779. The molecular weight excluding hydrogens is 214 g/mol. The molecule has 4 heteroatoms. The van der Waals surface area contributed by atoms with Crippen LogP contribution >= 0.6 is 0 Å². The van der Waals surface area contributed by atoms with Crippen molar-refractivity contribution in [3.63, 3.8) is 0 Å². The molecule has 2 rings (SSSR count). The van der Waals surface area contributed by atoms with Crippen LogP contribution in [-0.4, -0.2) is 30.3 Å². The lowest BCUT2D eigenvalue weighted by Crippen LogP contribution is -2.45. The molecule has 1 aromatic rings. The van der Waals surface area contributed by atoms with Gasteiger partial charge in [-0.3, -0.25) is 4.98 Å². The summed E-state index contributed by atoms with van der Waals surface area (Å²) in [6.07, 6.45) is 2.45. The van der Waals surface area contributed by atoms with Gasteiger partial charge in [-0.15, -0.1) is 0 Å². The largest absolute Gasteiger partial charge is 0.372 e. The molecule has 1 aromatic heterocycles. The van der Waals surface area contributed by atoms with Gasteiger partial charge in [0.15, 0.2) is 0 Å². The van der Waals surface area contributed by atoms with E-state index in [2.05, 4.69) is 29.8 Å². The third-order valence-electron chi connectivity index (χ3n) is 3.02. The molecule has 1 aliphatic rings. The number of aromatic nitrogens is 1. The normalized spacial score (nSPS) is 26.9. The van der Waals surface area contributed by atoms with Crippen molar-refractivity contribution in [2.24, 2.45) is 5.73 Å². The number of hydrogen-bond acceptors (Lipinski definition) is 4. The van der Waals surface area contributed by atoms with Gasteiger partial charge in [0, 0.05) is 19.1 Å². The second-order valence-corrected chi connectivity index (χ2v) is 4.89. The Kier molecular flexibility index (Phi) is 3.64. The molecule has 0 spiro atoms. The predicted octanol–water partition coefficient (Wildman–Crippen LogP) is 1.71. The number of morpholine rings is 1. The number of rotatable bonds is 2. The van der Waals surface area contributed by atoms with Gasteiger partial charge in [0.1, 0.15) is 0 Å². The van der Waals surface area contributed by atoms with E-state index in [1.54, 1.807) is 0 Å². The average Bonchev–Trinajstić information content (AvgIpc) is 2.28. The SMILES string of the molecule is CC1CN(c2ccc([C@H](C)N)nc2)CC(C)O1. The summed E-state index contributed by atoms with van der Waals surface area (Å²) in [7, 11) is 0. The van der Waals surface area contributed by atoms with Crippen LogP contribution < -0.4 is 10.6 Å². The molecule has 0 aliphatic carbocycles. The molecule has 1 aliphatic heterocycles. The Morgan fingerprint density at radius 1 is 1.35 bits per heavy atom. The van der Waals surface area contributed by atoms with Gasteiger partial charge in [-0.1, -0.05) is 0 Å². The summed E-state index contributed by atoms with van der Waals surface area (Å²) in [6, 6.07) is 4.09. The summed E-state index contributed by atoms with van der Waals surface area (Å²) >= 11 is 0. The molecule has 4 nitrogen and oxygen atoms in total. The highest BCUT2D eigenvalue weighted by atomic mass is 16.5. The van der Waals surface area contributed by atoms with Crippen LogP contribution in [0.3, 0.4) is 0 Å². The molecule has 94 valence electrons. The highest BCUT2D eigenvalue weighted by molar-refractivity contribution is 5.45. The molecule has 0 radical (unpaired) electrons. The Balaban J connectivity index is 2.11. The highest BCUT2D eigenvalue weighted by Gasteiger charge is 2.22. The minimum absolute atomic E-state index is 0.00779. The van der Waals surface area contributed by atoms with Crippen LogP contribution in [0.4, 0.5) is 5.69 Å². The maximum Gasteiger partial charge on any atom is 0.0726 e. The van der Waals surface area contributed by atoms with Crippen LogP contribution in [-0.2, 0) is 4.74 Å². The van der Waals surface area contributed by atoms with E-state index in [1.807, 2.05) is 19.2 Å². The van der Waals surface area contributed by atoms with Crippen molar-refractivity contribution >= 4 is 5.69 Å². The zero-order chi connectivity index (χ0) is 12.4. The van der Waals surface area contributed by atoms with Crippen molar-refractivity contribution in [3.05, 3.63) is 24.0 Å². The van der Waals surface area contributed by atoms with Gasteiger partial charge in [0.25, 0.3) is 0 Å². The Morgan fingerprint density at radius 3 is 2.47 bits per heavy atom. The topological polar surface area (TPSA) is 51.4 Å². The lowest BCUT2D eigenvalue weighted by molar-refractivity contribution is -0.00523. The van der Waals surface area contributed by atoms with E-state index < -0.39 is 0 Å². The molecule has 1 saturated heterocycles. The van der Waals surface area contributed by atoms with Crippen molar-refractivity contribution in [1.29, 1.82) is 0 Å². The van der Waals surface area contributed by atoms with Gasteiger partial charge in [0.05, 0.1) is 29.8 Å². The number of nitrogens with zero attached hydrogens (tertiary/aromatic N) is 2. The summed E-state index contributed by atoms with van der Waals surface area (Å²) in [5.41, 5.74) is 7.87. The standard InChI is InChI=1S/C13H21N3O/c1-9-7-16(8-10(2)17-9)12-4-5-13(11(3)14)15-6-12/h4-6,9-11H,7-8,14H2,1-3H3/t9?,10?,11-/m0/s1. The van der Waals surface area contributed by atoms with Gasteiger partial charge in [-0.2, -0.15) is 0 Å². The smallest absolute Gasteiger partial charge is 0.0726 e. The van der Waals surface area contributed by atoms with Crippen molar-refractivity contribution in [2.75, 3.05) is 18.0 Å². The molecule has 2 N–H and O–H groups in total. The van der Waals surface area contributed by atoms with Gasteiger partial charge in [-0.05, 0) is 32.9 Å². The fourth-order valence-corrected chi connectivity index (χ4v) is 2.24. The number of pyridine rings is 1. The van der Waals surface area contributed by atoms with E-state index in [-0.39, 0.29) is 18.2 Å². The van der Waals surface area contributed by atoms with E-state index >= 15 is 0 Å². The molecule has 0 saturated carbocycles. The molecule has 0 bridgehead atoms. The summed E-state index contributed by atoms with van der Waals surface area (Å²) in [5, 5.41) is 0. The van der Waals surface area contributed by atoms with Gasteiger partial charge >= 0.3 is 0 Å². The Bertz CT molecular complexity index is 353. The van der Waals surface area contributed by atoms with Gasteiger partial charge < -0.3 is 15.4 Å². The summed E-state index contributed by atoms with van der Waals surface area (Å²) in [5.74, 6) is 0. The monoisotopic (exact) mass is 235 g/mol. The van der Waals surface area contributed by atoms with Crippen molar-refractivity contribution in [3.8, 4) is 0 Å². The lowest BCUT2D eigenvalue weighted by atomic mass is 10.2. The molecule has 1 fully saturated rings. The second-order valence-electron chi connectivity index (χ2n) is 4.89. The summed E-state index contributed by atoms with van der Waals surface area (Å²) in [4.78, 5) is 6.71. The number of anilines is 1. The van der Waals surface area contributed by atoms with Crippen LogP contribution in [0.15, 0.2) is 18.3 Å². The fraction of sp³-hybridized carbons (Fsp3) is 0.615. The van der Waals surface area contributed by atoms with Crippen LogP contribution in [0.2, 0.25) is 0 Å². The predicted molar refractivity (Wildman–Crippen MR) is 69.1 cm³/mol. The first-order valence-corrected chi connectivity index (χ1v) is 6.18. The van der Waals surface area contributed by atoms with Crippen molar-refractivity contribution in [1.82, 2.24) is 4.98 Å². The van der Waals surface area contributed by atoms with E-state index in [9.17, 15) is 0 Å². The van der Waals surface area contributed by atoms with Gasteiger partial charge in [0.2, 0.25) is 0 Å². The Hall–Kier alpha value is -1.13. The molecule has 2 unspecified atom stereocenters. The van der Waals surface area contributed by atoms with Crippen LogP contribution in [0.25, 0.3) is 0 Å². The average molecular weight is 235 g/mol. The number of hydrogen-bond donors (Lipinski definition) is 1. The zero-order valence-electron chi connectivity index (χ0n) is 10.8. The first kappa shape index (κ1) is 12.3. The van der Waals surface area contributed by atoms with Crippen molar-refractivity contribution in [2.45, 2.75) is 39.0 Å². The second kappa shape index (κ2) is 5.02. The maximum absolute atomic E-state index is 5.79. The van der Waals surface area contributed by atoms with Crippen molar-refractivity contribution < 1.29 is 4.74 Å². The van der Waals surface area contributed by atoms with Crippen LogP contribution in [0, 0.1) is 0 Å². The van der Waals surface area contributed by atoms with E-state index in [4.69, 9.17) is 10.5 Å². The zero-order valence-corrected chi connectivity index (χ0v) is 10.8. The third kappa shape index (κ3) is 2.96. The van der Waals surface area contributed by atoms with Crippen LogP contribution in [0.1, 0.15) is 32.5 Å². The lowest BCUT2D eigenvalue weighted by Gasteiger charge is -2.36. The van der Waals surface area contributed by atoms with E-state index in [1.165, 1.54) is 0 Å². The maximum atomic E-state index is 5.79. The van der Waals surface area contributed by atoms with E-state index in [0.29, 0.717) is 0 Å².